The highest BCUT2D eigenvalue weighted by Gasteiger charge is 2.29. The van der Waals surface area contributed by atoms with Crippen LogP contribution < -0.4 is 4.90 Å². The normalized spacial score (nSPS) is 10.5. The summed E-state index contributed by atoms with van der Waals surface area (Å²) in [5.74, 6) is 0.0559. The molecule has 26 heavy (non-hydrogen) atoms. The van der Waals surface area contributed by atoms with Crippen molar-refractivity contribution in [3.63, 3.8) is 0 Å². The monoisotopic (exact) mass is 383 g/mol. The van der Waals surface area contributed by atoms with Crippen LogP contribution in [0.3, 0.4) is 0 Å². The first kappa shape index (κ1) is 18.3. The smallest absolute Gasteiger partial charge is 0.267 e. The number of rotatable bonds is 6. The summed E-state index contributed by atoms with van der Waals surface area (Å²) in [6, 6.07) is 17.4. The number of amides is 2. The summed E-state index contributed by atoms with van der Waals surface area (Å²) in [5, 5.41) is 0.866. The lowest BCUT2D eigenvalue weighted by Gasteiger charge is -2.17. The Morgan fingerprint density at radius 2 is 1.50 bits per heavy atom. The molecule has 3 aromatic rings. The number of thioether (sulfide) groups is 1. The topological polar surface area (TPSA) is 63.2 Å². The summed E-state index contributed by atoms with van der Waals surface area (Å²) in [6.07, 6.45) is 0.995. The molecule has 0 spiro atoms. The van der Waals surface area contributed by atoms with Gasteiger partial charge in [-0.25, -0.2) is 4.90 Å². The highest BCUT2D eigenvalue weighted by Crippen LogP contribution is 2.26. The van der Waals surface area contributed by atoms with E-state index in [2.05, 4.69) is 16.3 Å². The molecule has 0 aliphatic heterocycles. The predicted octanol–water partition coefficient (Wildman–Crippen LogP) is 4.53. The van der Waals surface area contributed by atoms with Crippen molar-refractivity contribution in [2.75, 3.05) is 10.7 Å². The molecule has 1 aromatic heterocycles. The van der Waals surface area contributed by atoms with Crippen LogP contribution in [0.15, 0.2) is 65.8 Å². The Labute approximate surface area is 160 Å². The third-order valence-electron chi connectivity index (χ3n) is 3.47. The quantitative estimate of drug-likeness (QED) is 0.462. The van der Waals surface area contributed by atoms with Gasteiger partial charge < -0.3 is 0 Å². The zero-order valence-electron chi connectivity index (χ0n) is 14.2. The molecule has 2 amide bonds. The second-order valence-electron chi connectivity index (χ2n) is 5.39. The first-order chi connectivity index (χ1) is 12.7. The summed E-state index contributed by atoms with van der Waals surface area (Å²) in [6.45, 7) is 2.07. The van der Waals surface area contributed by atoms with Crippen LogP contribution in [0.25, 0.3) is 0 Å². The van der Waals surface area contributed by atoms with Gasteiger partial charge in [0.1, 0.15) is 0 Å². The van der Waals surface area contributed by atoms with E-state index < -0.39 is 11.8 Å². The molecule has 7 heteroatoms. The van der Waals surface area contributed by atoms with Crippen molar-refractivity contribution in [1.29, 1.82) is 0 Å². The molecular formula is C19H17N3O2S2. The first-order valence-electron chi connectivity index (χ1n) is 8.16. The van der Waals surface area contributed by atoms with Crippen LogP contribution in [0, 0.1) is 0 Å². The molecule has 0 N–H and O–H groups in total. The van der Waals surface area contributed by atoms with Crippen LogP contribution in [-0.2, 0) is 0 Å². The first-order valence-corrected chi connectivity index (χ1v) is 9.92. The minimum absolute atomic E-state index is 0.284. The Kier molecular flexibility index (Phi) is 6.14. The van der Waals surface area contributed by atoms with Gasteiger partial charge in [0.05, 0.1) is 0 Å². The lowest BCUT2D eigenvalue weighted by Crippen LogP contribution is -2.37. The number of benzene rings is 2. The fourth-order valence-electron chi connectivity index (χ4n) is 2.23. The van der Waals surface area contributed by atoms with E-state index in [-0.39, 0.29) is 5.13 Å². The minimum atomic E-state index is -0.414. The van der Waals surface area contributed by atoms with E-state index >= 15 is 0 Å². The number of hydrogen-bond donors (Lipinski definition) is 0. The van der Waals surface area contributed by atoms with Gasteiger partial charge in [-0.05, 0) is 30.7 Å². The Morgan fingerprint density at radius 3 is 2.00 bits per heavy atom. The van der Waals surface area contributed by atoms with E-state index in [1.165, 1.54) is 11.8 Å². The molecule has 0 aliphatic carbocycles. The molecule has 2 aromatic carbocycles. The van der Waals surface area contributed by atoms with Crippen molar-refractivity contribution < 1.29 is 9.59 Å². The molecule has 3 rings (SSSR count). The number of anilines is 1. The fraction of sp³-hybridized carbons (Fsp3) is 0.158. The molecule has 0 aliphatic rings. The van der Waals surface area contributed by atoms with E-state index in [0.29, 0.717) is 16.3 Å². The molecular weight excluding hydrogens is 366 g/mol. The van der Waals surface area contributed by atoms with E-state index in [9.17, 15) is 9.59 Å². The van der Waals surface area contributed by atoms with Gasteiger partial charge in [-0.15, -0.1) is 0 Å². The van der Waals surface area contributed by atoms with Gasteiger partial charge >= 0.3 is 0 Å². The number of carbonyl (C=O) groups excluding carboxylic acids is 2. The van der Waals surface area contributed by atoms with Gasteiger partial charge in [-0.1, -0.05) is 55.1 Å². The summed E-state index contributed by atoms with van der Waals surface area (Å²) in [4.78, 5) is 31.5. The predicted molar refractivity (Wildman–Crippen MR) is 105 cm³/mol. The minimum Gasteiger partial charge on any atom is -0.268 e. The fourth-order valence-corrected chi connectivity index (χ4v) is 3.72. The number of hydrogen-bond acceptors (Lipinski definition) is 6. The van der Waals surface area contributed by atoms with Crippen LogP contribution in [0.1, 0.15) is 34.1 Å². The van der Waals surface area contributed by atoms with Gasteiger partial charge in [0.25, 0.3) is 11.8 Å². The lowest BCUT2D eigenvalue weighted by molar-refractivity contribution is 0.0897. The number of imide groups is 1. The van der Waals surface area contributed by atoms with Crippen LogP contribution in [0.4, 0.5) is 5.13 Å². The molecule has 0 fully saturated rings. The molecule has 0 saturated carbocycles. The average Bonchev–Trinajstić information content (AvgIpc) is 3.16. The van der Waals surface area contributed by atoms with E-state index in [1.807, 2.05) is 12.1 Å². The molecule has 0 unspecified atom stereocenters. The maximum atomic E-state index is 13.0. The molecule has 5 nitrogen and oxygen atoms in total. The summed E-state index contributed by atoms with van der Waals surface area (Å²) in [7, 11) is 0. The van der Waals surface area contributed by atoms with Crippen LogP contribution >= 0.6 is 23.3 Å². The van der Waals surface area contributed by atoms with Crippen molar-refractivity contribution >= 4 is 40.2 Å². The molecule has 132 valence electrons. The Hall–Kier alpha value is -2.51. The van der Waals surface area contributed by atoms with Crippen LogP contribution in [0.5, 0.6) is 0 Å². The number of nitrogens with zero attached hydrogens (tertiary/aromatic N) is 3. The zero-order chi connectivity index (χ0) is 18.4. The number of aromatic nitrogens is 2. The second-order valence-corrected chi connectivity index (χ2v) is 7.18. The summed E-state index contributed by atoms with van der Waals surface area (Å²) < 4.78 is 4.27. The average molecular weight is 383 g/mol. The highest BCUT2D eigenvalue weighted by atomic mass is 32.2. The maximum Gasteiger partial charge on any atom is 0.267 e. The molecule has 0 atom stereocenters. The van der Waals surface area contributed by atoms with Gasteiger partial charge in [-0.2, -0.15) is 9.36 Å². The van der Waals surface area contributed by atoms with Gasteiger partial charge in [0.2, 0.25) is 10.3 Å². The van der Waals surface area contributed by atoms with Crippen molar-refractivity contribution in [2.45, 2.75) is 18.5 Å². The molecule has 1 heterocycles. The second kappa shape index (κ2) is 8.73. The zero-order valence-corrected chi connectivity index (χ0v) is 15.8. The molecule has 0 saturated heterocycles. The standard InChI is InChI=1S/C19H17N3O2S2/c1-2-13-25-18-20-19(26-21-18)22(16(23)14-9-5-3-6-10-14)17(24)15-11-7-4-8-12-15/h3-12H,2,13H2,1H3. The van der Waals surface area contributed by atoms with Gasteiger partial charge in [0.15, 0.2) is 0 Å². The highest BCUT2D eigenvalue weighted by molar-refractivity contribution is 7.99. The SMILES string of the molecule is CCCSc1nsc(N(C(=O)c2ccccc2)C(=O)c2ccccc2)n1. The Bertz CT molecular complexity index is 831. The van der Waals surface area contributed by atoms with Gasteiger partial charge in [0, 0.05) is 28.4 Å². The van der Waals surface area contributed by atoms with Crippen molar-refractivity contribution in [3.05, 3.63) is 71.8 Å². The molecule has 0 bridgehead atoms. The Morgan fingerprint density at radius 1 is 0.962 bits per heavy atom. The Balaban J connectivity index is 1.97. The summed E-state index contributed by atoms with van der Waals surface area (Å²) >= 11 is 2.57. The van der Waals surface area contributed by atoms with Crippen molar-refractivity contribution in [2.24, 2.45) is 0 Å². The van der Waals surface area contributed by atoms with Crippen LogP contribution in [0.2, 0.25) is 0 Å². The molecule has 0 radical (unpaired) electrons. The third-order valence-corrected chi connectivity index (χ3v) is 5.34. The van der Waals surface area contributed by atoms with Crippen molar-refractivity contribution in [1.82, 2.24) is 9.36 Å². The third kappa shape index (κ3) is 4.17. The maximum absolute atomic E-state index is 13.0. The largest absolute Gasteiger partial charge is 0.268 e. The van der Waals surface area contributed by atoms with Gasteiger partial charge in [-0.3, -0.25) is 9.59 Å². The van der Waals surface area contributed by atoms with E-state index in [0.717, 1.165) is 28.6 Å². The summed E-state index contributed by atoms with van der Waals surface area (Å²) in [5.41, 5.74) is 0.851. The van der Waals surface area contributed by atoms with Crippen molar-refractivity contribution in [3.8, 4) is 0 Å². The van der Waals surface area contributed by atoms with E-state index in [1.54, 1.807) is 48.5 Å². The lowest BCUT2D eigenvalue weighted by atomic mass is 10.1. The number of carbonyl (C=O) groups is 2. The van der Waals surface area contributed by atoms with Crippen LogP contribution in [-0.4, -0.2) is 26.9 Å². The van der Waals surface area contributed by atoms with E-state index in [4.69, 9.17) is 0 Å².